The summed E-state index contributed by atoms with van der Waals surface area (Å²) in [5.41, 5.74) is 2.52. The molecule has 7 nitrogen and oxygen atoms in total. The van der Waals surface area contributed by atoms with Gasteiger partial charge >= 0.3 is 0 Å². The first-order chi connectivity index (χ1) is 15.9. The molecule has 0 aliphatic carbocycles. The van der Waals surface area contributed by atoms with E-state index in [1.807, 2.05) is 34.1 Å². The van der Waals surface area contributed by atoms with E-state index < -0.39 is 0 Å². The largest absolute Gasteiger partial charge is 0.506 e. The first kappa shape index (κ1) is 23.0. The molecule has 0 spiro atoms. The van der Waals surface area contributed by atoms with Crippen LogP contribution >= 0.6 is 11.6 Å². The van der Waals surface area contributed by atoms with Crippen LogP contribution in [0.1, 0.15) is 12.0 Å². The summed E-state index contributed by atoms with van der Waals surface area (Å²) < 4.78 is 0. The van der Waals surface area contributed by atoms with Gasteiger partial charge in [-0.25, -0.2) is 0 Å². The fourth-order valence-electron chi connectivity index (χ4n) is 4.29. The second-order valence-corrected chi connectivity index (χ2v) is 8.84. The smallest absolute Gasteiger partial charge is 0.236 e. The van der Waals surface area contributed by atoms with Crippen LogP contribution in [0.5, 0.6) is 5.75 Å². The number of phenols is 1. The normalized spacial score (nSPS) is 18.7. The molecule has 8 heteroatoms. The maximum absolute atomic E-state index is 12.8. The molecule has 2 amide bonds. The minimum atomic E-state index is -0.187. The standard InChI is InChI=1S/C25H27ClN4O3/c1-2-18-3-6-21(7-4-18)29-11-13-30(14-12-29)24(32)17-28-10-9-19(16-28)25(33)27-20-5-8-23(31)22(26)15-20/h1,3-8,15,19,31H,9-14,16-17H2,(H,27,33)/t19-/m1/s1. The van der Waals surface area contributed by atoms with Gasteiger partial charge in [-0.2, -0.15) is 0 Å². The molecule has 33 heavy (non-hydrogen) atoms. The molecule has 2 aliphatic rings. The van der Waals surface area contributed by atoms with Crippen LogP contribution in [0.3, 0.4) is 0 Å². The van der Waals surface area contributed by atoms with E-state index in [1.165, 1.54) is 12.1 Å². The number of nitrogens with zero attached hydrogens (tertiary/aromatic N) is 3. The molecule has 2 fully saturated rings. The predicted molar refractivity (Wildman–Crippen MR) is 129 cm³/mol. The number of likely N-dealkylation sites (tertiary alicyclic amines) is 1. The number of amides is 2. The number of nitrogens with one attached hydrogen (secondary N) is 1. The van der Waals surface area contributed by atoms with E-state index in [4.69, 9.17) is 18.0 Å². The molecule has 2 N–H and O–H groups in total. The lowest BCUT2D eigenvalue weighted by molar-refractivity contribution is -0.132. The second kappa shape index (κ2) is 10.2. The lowest BCUT2D eigenvalue weighted by atomic mass is 10.1. The molecule has 2 aromatic carbocycles. The van der Waals surface area contributed by atoms with E-state index in [0.29, 0.717) is 44.8 Å². The molecule has 2 aliphatic heterocycles. The van der Waals surface area contributed by atoms with Gasteiger partial charge in [0, 0.05) is 49.7 Å². The van der Waals surface area contributed by atoms with Gasteiger partial charge in [-0.1, -0.05) is 17.5 Å². The van der Waals surface area contributed by atoms with Crippen LogP contribution in [0, 0.1) is 18.3 Å². The van der Waals surface area contributed by atoms with Crippen molar-refractivity contribution in [2.24, 2.45) is 5.92 Å². The van der Waals surface area contributed by atoms with Crippen molar-refractivity contribution in [3.05, 3.63) is 53.1 Å². The van der Waals surface area contributed by atoms with E-state index in [2.05, 4.69) is 16.1 Å². The number of piperazine rings is 1. The fourth-order valence-corrected chi connectivity index (χ4v) is 4.47. The van der Waals surface area contributed by atoms with Crippen LogP contribution in [0.25, 0.3) is 0 Å². The quantitative estimate of drug-likeness (QED) is 0.523. The first-order valence-corrected chi connectivity index (χ1v) is 11.4. The average molecular weight is 467 g/mol. The van der Waals surface area contributed by atoms with Gasteiger partial charge in [0.05, 0.1) is 17.5 Å². The van der Waals surface area contributed by atoms with Gasteiger partial charge in [-0.05, 0) is 55.4 Å². The molecule has 4 rings (SSSR count). The minimum absolute atomic E-state index is 0.0251. The van der Waals surface area contributed by atoms with Crippen LogP contribution in [-0.2, 0) is 9.59 Å². The summed E-state index contributed by atoms with van der Waals surface area (Å²) in [5.74, 6) is 2.41. The number of carbonyl (C=O) groups is 2. The fraction of sp³-hybridized carbons (Fsp3) is 0.360. The Balaban J connectivity index is 1.23. The van der Waals surface area contributed by atoms with E-state index in [9.17, 15) is 14.7 Å². The van der Waals surface area contributed by atoms with Crippen molar-refractivity contribution in [1.29, 1.82) is 0 Å². The van der Waals surface area contributed by atoms with Crippen LogP contribution < -0.4 is 10.2 Å². The highest BCUT2D eigenvalue weighted by Gasteiger charge is 2.31. The highest BCUT2D eigenvalue weighted by molar-refractivity contribution is 6.32. The zero-order chi connectivity index (χ0) is 23.4. The maximum atomic E-state index is 12.8. The maximum Gasteiger partial charge on any atom is 0.236 e. The van der Waals surface area contributed by atoms with E-state index in [-0.39, 0.29) is 28.5 Å². The Morgan fingerprint density at radius 2 is 1.82 bits per heavy atom. The number of carbonyl (C=O) groups excluding carboxylic acids is 2. The molecule has 0 aromatic heterocycles. The molecule has 0 radical (unpaired) electrons. The van der Waals surface area contributed by atoms with Gasteiger partial charge in [-0.3, -0.25) is 14.5 Å². The Bertz CT molecular complexity index is 1060. The van der Waals surface area contributed by atoms with Gasteiger partial charge in [-0.15, -0.1) is 6.42 Å². The van der Waals surface area contributed by atoms with Crippen molar-refractivity contribution >= 4 is 34.8 Å². The number of hydrogen-bond donors (Lipinski definition) is 2. The molecule has 1 atom stereocenters. The topological polar surface area (TPSA) is 76.1 Å². The van der Waals surface area contributed by atoms with E-state index >= 15 is 0 Å². The molecule has 2 heterocycles. The first-order valence-electron chi connectivity index (χ1n) is 11.0. The number of phenolic OH excluding ortho intramolecular Hbond substituents is 1. The Hall–Kier alpha value is -3.21. The number of hydrogen-bond acceptors (Lipinski definition) is 5. The molecular weight excluding hydrogens is 440 g/mol. The highest BCUT2D eigenvalue weighted by atomic mass is 35.5. The summed E-state index contributed by atoms with van der Waals surface area (Å²) in [6.45, 7) is 4.49. The Labute approximate surface area is 198 Å². The summed E-state index contributed by atoms with van der Waals surface area (Å²) in [7, 11) is 0. The summed E-state index contributed by atoms with van der Waals surface area (Å²) >= 11 is 5.91. The van der Waals surface area contributed by atoms with Crippen molar-refractivity contribution in [2.45, 2.75) is 6.42 Å². The van der Waals surface area contributed by atoms with Crippen LogP contribution in [0.4, 0.5) is 11.4 Å². The van der Waals surface area contributed by atoms with Crippen LogP contribution in [0.2, 0.25) is 5.02 Å². The van der Waals surface area contributed by atoms with Gasteiger partial charge in [0.2, 0.25) is 11.8 Å². The second-order valence-electron chi connectivity index (χ2n) is 8.44. The van der Waals surface area contributed by atoms with Gasteiger partial charge < -0.3 is 20.2 Å². The lowest BCUT2D eigenvalue weighted by Gasteiger charge is -2.36. The van der Waals surface area contributed by atoms with Crippen molar-refractivity contribution in [2.75, 3.05) is 56.0 Å². The Morgan fingerprint density at radius 3 is 2.48 bits per heavy atom. The average Bonchev–Trinajstić information content (AvgIpc) is 3.30. The SMILES string of the molecule is C#Cc1ccc(N2CCN(C(=O)CN3CC[C@@H](C(=O)Nc4ccc(O)c(Cl)c4)C3)CC2)cc1. The molecule has 0 unspecified atom stereocenters. The van der Waals surface area contributed by atoms with Gasteiger partial charge in [0.15, 0.2) is 0 Å². The number of aromatic hydroxyl groups is 1. The third-order valence-electron chi connectivity index (χ3n) is 6.25. The number of anilines is 2. The summed E-state index contributed by atoms with van der Waals surface area (Å²) in [6, 6.07) is 12.5. The van der Waals surface area contributed by atoms with Crippen molar-refractivity contribution in [3.8, 4) is 18.1 Å². The molecule has 0 saturated carbocycles. The molecule has 0 bridgehead atoms. The molecular formula is C25H27ClN4O3. The minimum Gasteiger partial charge on any atom is -0.506 e. The molecule has 2 aromatic rings. The summed E-state index contributed by atoms with van der Waals surface area (Å²) in [6.07, 6.45) is 6.12. The molecule has 2 saturated heterocycles. The van der Waals surface area contributed by atoms with Crippen LogP contribution in [-0.4, -0.2) is 72.5 Å². The Kier molecular flexibility index (Phi) is 7.07. The zero-order valence-corrected chi connectivity index (χ0v) is 19.1. The third-order valence-corrected chi connectivity index (χ3v) is 6.55. The molecule has 172 valence electrons. The van der Waals surface area contributed by atoms with E-state index in [0.717, 1.165) is 24.3 Å². The van der Waals surface area contributed by atoms with Crippen molar-refractivity contribution in [3.63, 3.8) is 0 Å². The van der Waals surface area contributed by atoms with E-state index in [1.54, 1.807) is 6.07 Å². The number of benzene rings is 2. The van der Waals surface area contributed by atoms with Crippen LogP contribution in [0.15, 0.2) is 42.5 Å². The third kappa shape index (κ3) is 5.59. The van der Waals surface area contributed by atoms with Gasteiger partial charge in [0.1, 0.15) is 5.75 Å². The zero-order valence-electron chi connectivity index (χ0n) is 18.3. The van der Waals surface area contributed by atoms with Crippen molar-refractivity contribution in [1.82, 2.24) is 9.80 Å². The predicted octanol–water partition coefficient (Wildman–Crippen LogP) is 2.64. The number of halogens is 1. The summed E-state index contributed by atoms with van der Waals surface area (Å²) in [4.78, 5) is 31.6. The number of rotatable bonds is 5. The highest BCUT2D eigenvalue weighted by Crippen LogP contribution is 2.27. The van der Waals surface area contributed by atoms with Crippen molar-refractivity contribution < 1.29 is 14.7 Å². The summed E-state index contributed by atoms with van der Waals surface area (Å²) in [5, 5.41) is 12.5. The lowest BCUT2D eigenvalue weighted by Crippen LogP contribution is -2.51. The Morgan fingerprint density at radius 1 is 1.09 bits per heavy atom. The number of terminal acetylenes is 1. The monoisotopic (exact) mass is 466 g/mol. The van der Waals surface area contributed by atoms with Gasteiger partial charge in [0.25, 0.3) is 0 Å².